The Morgan fingerprint density at radius 2 is 1.48 bits per heavy atom. The molecule has 2 aromatic heterocycles. The number of para-hydroxylation sites is 1. The van der Waals surface area contributed by atoms with Crippen LogP contribution >= 0.6 is 22.6 Å². The van der Waals surface area contributed by atoms with Crippen molar-refractivity contribution in [3.05, 3.63) is 76.5 Å². The summed E-state index contributed by atoms with van der Waals surface area (Å²) in [5.74, 6) is 0.902. The zero-order chi connectivity index (χ0) is 18.0. The largest absolute Gasteiger partial charge is 0.360 e. The Bertz CT molecular complexity index is 1490. The molecule has 0 aliphatic carbocycles. The van der Waals surface area contributed by atoms with Gasteiger partial charge in [0.15, 0.2) is 0 Å². The third-order valence-corrected chi connectivity index (χ3v) is 5.94. The van der Waals surface area contributed by atoms with Gasteiger partial charge in [0.05, 0.1) is 11.0 Å². The van der Waals surface area contributed by atoms with Gasteiger partial charge in [-0.2, -0.15) is 0 Å². The Kier molecular flexibility index (Phi) is 3.14. The fraction of sp³-hybridized carbons (Fsp3) is 0. The van der Waals surface area contributed by atoms with Crippen LogP contribution in [0.5, 0.6) is 0 Å². The van der Waals surface area contributed by atoms with Gasteiger partial charge in [-0.05, 0) is 51.6 Å². The average Bonchev–Trinajstić information content (AvgIpc) is 3.32. The summed E-state index contributed by atoms with van der Waals surface area (Å²) in [6, 6.07) is 23.5. The molecule has 0 aliphatic rings. The minimum atomic E-state index is 0.902. The van der Waals surface area contributed by atoms with Crippen molar-refractivity contribution < 1.29 is 0 Å². The van der Waals surface area contributed by atoms with Gasteiger partial charge in [-0.15, -0.1) is 0 Å². The Balaban J connectivity index is 1.78. The first-order valence-electron chi connectivity index (χ1n) is 8.86. The number of aromatic nitrogens is 3. The van der Waals surface area contributed by atoms with Crippen molar-refractivity contribution in [2.24, 2.45) is 0 Å². The van der Waals surface area contributed by atoms with Gasteiger partial charge in [0.2, 0.25) is 0 Å². The number of nitrogens with one attached hydrogen (secondary N) is 2. The maximum absolute atomic E-state index is 5.05. The van der Waals surface area contributed by atoms with Gasteiger partial charge < -0.3 is 9.97 Å². The van der Waals surface area contributed by atoms with Gasteiger partial charge in [-0.25, -0.2) is 4.98 Å². The van der Waals surface area contributed by atoms with Crippen LogP contribution in [0.4, 0.5) is 0 Å². The molecule has 2 N–H and O–H groups in total. The molecule has 4 aromatic carbocycles. The van der Waals surface area contributed by atoms with Gasteiger partial charge >= 0.3 is 0 Å². The highest BCUT2D eigenvalue weighted by molar-refractivity contribution is 14.1. The third-order valence-electron chi connectivity index (χ3n) is 5.27. The second-order valence-corrected chi connectivity index (χ2v) is 8.04. The molecular formula is C23H14IN3. The van der Waals surface area contributed by atoms with Crippen LogP contribution in [0.3, 0.4) is 0 Å². The second-order valence-electron chi connectivity index (χ2n) is 6.79. The van der Waals surface area contributed by atoms with E-state index in [-0.39, 0.29) is 0 Å². The van der Waals surface area contributed by atoms with Crippen LogP contribution in [0.1, 0.15) is 0 Å². The normalized spacial score (nSPS) is 11.9. The molecule has 0 radical (unpaired) electrons. The molecule has 0 saturated carbocycles. The van der Waals surface area contributed by atoms with Crippen LogP contribution in [-0.2, 0) is 0 Å². The highest BCUT2D eigenvalue weighted by Gasteiger charge is 2.15. The smallest absolute Gasteiger partial charge is 0.140 e. The molecule has 3 nitrogen and oxygen atoms in total. The predicted octanol–water partition coefficient (Wildman–Crippen LogP) is 6.62. The van der Waals surface area contributed by atoms with Crippen molar-refractivity contribution in [2.75, 3.05) is 0 Å². The number of hydrogen-bond donors (Lipinski definition) is 2. The zero-order valence-electron chi connectivity index (χ0n) is 14.3. The molecule has 0 spiro atoms. The number of fused-ring (bicyclic) bond motifs is 7. The lowest BCUT2D eigenvalue weighted by Crippen LogP contribution is -1.83. The minimum Gasteiger partial charge on any atom is -0.360 e. The van der Waals surface area contributed by atoms with Crippen LogP contribution < -0.4 is 0 Å². The van der Waals surface area contributed by atoms with E-state index in [1.165, 1.54) is 30.5 Å². The van der Waals surface area contributed by atoms with Gasteiger partial charge in [-0.1, -0.05) is 48.5 Å². The Morgan fingerprint density at radius 1 is 0.741 bits per heavy atom. The maximum atomic E-state index is 5.05. The summed E-state index contributed by atoms with van der Waals surface area (Å²) >= 11 is 2.37. The molecule has 4 heteroatoms. The fourth-order valence-electron chi connectivity index (χ4n) is 4.04. The highest BCUT2D eigenvalue weighted by Crippen LogP contribution is 2.37. The molecule has 128 valence electrons. The Hall–Kier alpha value is -2.86. The molecule has 6 rings (SSSR count). The van der Waals surface area contributed by atoms with E-state index in [1.807, 2.05) is 12.3 Å². The van der Waals surface area contributed by atoms with Crippen molar-refractivity contribution in [1.29, 1.82) is 0 Å². The number of nitrogens with zero attached hydrogens (tertiary/aromatic N) is 1. The van der Waals surface area contributed by atoms with Crippen LogP contribution in [0.15, 0.2) is 72.9 Å². The average molecular weight is 459 g/mol. The lowest BCUT2D eigenvalue weighted by atomic mass is 10.0. The number of rotatable bonds is 1. The number of benzene rings is 4. The molecule has 0 aliphatic heterocycles. The van der Waals surface area contributed by atoms with E-state index in [0.717, 1.165) is 27.9 Å². The van der Waals surface area contributed by atoms with E-state index >= 15 is 0 Å². The van der Waals surface area contributed by atoms with Gasteiger partial charge in [0, 0.05) is 37.0 Å². The standard InChI is InChI=1S/C23H14IN3/c24-13-9-10-15-14-5-1-2-7-17(14)21-22(18(15)11-13)27-23(26-21)19-12-25-20-8-4-3-6-16(19)20/h1-12,25H,(H,26,27). The van der Waals surface area contributed by atoms with Gasteiger partial charge in [0.25, 0.3) is 0 Å². The molecule has 27 heavy (non-hydrogen) atoms. The summed E-state index contributed by atoms with van der Waals surface area (Å²) in [4.78, 5) is 12.0. The summed E-state index contributed by atoms with van der Waals surface area (Å²) in [5.41, 5.74) is 4.35. The maximum Gasteiger partial charge on any atom is 0.140 e. The topological polar surface area (TPSA) is 44.5 Å². The van der Waals surface area contributed by atoms with E-state index in [4.69, 9.17) is 4.98 Å². The Labute approximate surface area is 168 Å². The Morgan fingerprint density at radius 3 is 2.37 bits per heavy atom. The second kappa shape index (κ2) is 5.57. The number of halogens is 1. The number of H-pyrrole nitrogens is 2. The predicted molar refractivity (Wildman–Crippen MR) is 121 cm³/mol. The van der Waals surface area contributed by atoms with Gasteiger partial charge in [0.1, 0.15) is 5.82 Å². The van der Waals surface area contributed by atoms with E-state index in [1.54, 1.807) is 0 Å². The van der Waals surface area contributed by atoms with E-state index < -0.39 is 0 Å². The SMILES string of the molecule is Ic1ccc2c3ccccc3c3[nH]c(-c4c[nH]c5ccccc45)nc3c2c1. The minimum absolute atomic E-state index is 0.902. The first-order chi connectivity index (χ1) is 13.3. The van der Waals surface area contributed by atoms with Crippen molar-refractivity contribution in [3.8, 4) is 11.4 Å². The number of hydrogen-bond acceptors (Lipinski definition) is 1. The highest BCUT2D eigenvalue weighted by atomic mass is 127. The summed E-state index contributed by atoms with van der Waals surface area (Å²) < 4.78 is 1.22. The van der Waals surface area contributed by atoms with Gasteiger partial charge in [-0.3, -0.25) is 0 Å². The third kappa shape index (κ3) is 2.16. The molecule has 2 heterocycles. The zero-order valence-corrected chi connectivity index (χ0v) is 16.4. The lowest BCUT2D eigenvalue weighted by Gasteiger charge is -2.06. The molecule has 0 atom stereocenters. The summed E-state index contributed by atoms with van der Waals surface area (Å²) in [6.45, 7) is 0. The van der Waals surface area contributed by atoms with Crippen LogP contribution in [0, 0.1) is 3.57 Å². The van der Waals surface area contributed by atoms with Crippen molar-refractivity contribution in [3.63, 3.8) is 0 Å². The fourth-order valence-corrected chi connectivity index (χ4v) is 4.53. The van der Waals surface area contributed by atoms with Crippen LogP contribution in [-0.4, -0.2) is 15.0 Å². The van der Waals surface area contributed by atoms with Crippen LogP contribution in [0.2, 0.25) is 0 Å². The van der Waals surface area contributed by atoms with Crippen molar-refractivity contribution in [2.45, 2.75) is 0 Å². The quantitative estimate of drug-likeness (QED) is 0.211. The van der Waals surface area contributed by atoms with Crippen molar-refractivity contribution >= 4 is 66.1 Å². The number of aromatic amines is 2. The van der Waals surface area contributed by atoms with Crippen LogP contribution in [0.25, 0.3) is 54.9 Å². The number of imidazole rings is 1. The summed E-state index contributed by atoms with van der Waals surface area (Å²) in [5, 5.41) is 6.08. The molecule has 0 bridgehead atoms. The van der Waals surface area contributed by atoms with E-state index in [0.29, 0.717) is 0 Å². The molecule has 0 unspecified atom stereocenters. The molecule has 0 saturated heterocycles. The van der Waals surface area contributed by atoms with E-state index in [9.17, 15) is 0 Å². The molecular weight excluding hydrogens is 445 g/mol. The summed E-state index contributed by atoms with van der Waals surface area (Å²) in [6.07, 6.45) is 2.04. The summed E-state index contributed by atoms with van der Waals surface area (Å²) in [7, 11) is 0. The monoisotopic (exact) mass is 459 g/mol. The lowest BCUT2D eigenvalue weighted by molar-refractivity contribution is 1.34. The first-order valence-corrected chi connectivity index (χ1v) is 9.94. The molecule has 6 aromatic rings. The molecule has 0 fully saturated rings. The van der Waals surface area contributed by atoms with E-state index in [2.05, 4.69) is 93.2 Å². The first kappa shape index (κ1) is 15.2. The van der Waals surface area contributed by atoms with Crippen molar-refractivity contribution in [1.82, 2.24) is 15.0 Å². The molecule has 0 amide bonds.